The minimum atomic E-state index is -0.961. The number of nitrogens with one attached hydrogen (secondary N) is 1. The Balaban J connectivity index is 2.86. The highest BCUT2D eigenvalue weighted by molar-refractivity contribution is 5.71. The van der Waals surface area contributed by atoms with Crippen LogP contribution >= 0.6 is 0 Å². The summed E-state index contributed by atoms with van der Waals surface area (Å²) in [5.41, 5.74) is -0.593. The fourth-order valence-electron chi connectivity index (χ4n) is 2.41. The van der Waals surface area contributed by atoms with Gasteiger partial charge >= 0.3 is 18.2 Å². The number of ether oxygens (including phenoxy) is 4. The van der Waals surface area contributed by atoms with Crippen LogP contribution in [0, 0.1) is 5.82 Å². The van der Waals surface area contributed by atoms with Gasteiger partial charge in [-0.05, 0) is 38.8 Å². The van der Waals surface area contributed by atoms with Crippen LogP contribution < -0.4 is 10.1 Å². The third kappa shape index (κ3) is 9.58. The van der Waals surface area contributed by atoms with Gasteiger partial charge in [0.25, 0.3) is 0 Å². The molecule has 8 nitrogen and oxygen atoms in total. The average Bonchev–Trinajstić information content (AvgIpc) is 2.64. The van der Waals surface area contributed by atoms with Gasteiger partial charge in [0.15, 0.2) is 0 Å². The molecule has 0 saturated carbocycles. The number of hydrogen-bond acceptors (Lipinski definition) is 7. The van der Waals surface area contributed by atoms with Crippen molar-refractivity contribution in [2.45, 2.75) is 58.5 Å². The third-order valence-corrected chi connectivity index (χ3v) is 3.87. The maximum atomic E-state index is 14.7. The molecule has 1 unspecified atom stereocenters. The van der Waals surface area contributed by atoms with Crippen LogP contribution in [0.1, 0.15) is 58.4 Å². The Bertz CT molecular complexity index is 731. The number of esters is 1. The second-order valence-corrected chi connectivity index (χ2v) is 7.60. The standard InChI is InChI=1S/C21H30FNO7/c1-6-7-10-28-19(25)23-13-14(11-18(24)27-5)16-9-8-15(12-17(16)22)29-20(26)30-21(2,3)4/h8-9,12,14H,6-7,10-11,13H2,1-5H3,(H,23,25). The highest BCUT2D eigenvalue weighted by Gasteiger charge is 2.23. The van der Waals surface area contributed by atoms with Crippen molar-refractivity contribution in [2.75, 3.05) is 20.3 Å². The van der Waals surface area contributed by atoms with Crippen LogP contribution in [-0.2, 0) is 19.0 Å². The van der Waals surface area contributed by atoms with Gasteiger partial charge in [-0.15, -0.1) is 0 Å². The molecule has 0 fully saturated rings. The molecule has 30 heavy (non-hydrogen) atoms. The quantitative estimate of drug-likeness (QED) is 0.271. The summed E-state index contributed by atoms with van der Waals surface area (Å²) in [4.78, 5) is 35.2. The molecule has 1 aromatic rings. The first-order valence-electron chi connectivity index (χ1n) is 9.73. The first-order valence-corrected chi connectivity index (χ1v) is 9.73. The van der Waals surface area contributed by atoms with Crippen molar-refractivity contribution in [2.24, 2.45) is 0 Å². The molecule has 9 heteroatoms. The van der Waals surface area contributed by atoms with Crippen LogP contribution in [0.15, 0.2) is 18.2 Å². The van der Waals surface area contributed by atoms with Gasteiger partial charge in [0.2, 0.25) is 0 Å². The summed E-state index contributed by atoms with van der Waals surface area (Å²) in [7, 11) is 1.22. The molecule has 0 aliphatic carbocycles. The van der Waals surface area contributed by atoms with Crippen molar-refractivity contribution < 1.29 is 37.7 Å². The fraction of sp³-hybridized carbons (Fsp3) is 0.571. The van der Waals surface area contributed by atoms with Gasteiger partial charge < -0.3 is 24.3 Å². The van der Waals surface area contributed by atoms with E-state index in [1.54, 1.807) is 20.8 Å². The second kappa shape index (κ2) is 12.0. The van der Waals surface area contributed by atoms with Crippen LogP contribution in [-0.4, -0.2) is 44.1 Å². The molecular weight excluding hydrogens is 397 g/mol. The molecule has 0 heterocycles. The number of rotatable bonds is 9. The Morgan fingerprint density at radius 1 is 1.20 bits per heavy atom. The molecule has 1 rings (SSSR count). The molecule has 168 valence electrons. The molecule has 0 aliphatic rings. The van der Waals surface area contributed by atoms with E-state index in [0.29, 0.717) is 0 Å². The van der Waals surface area contributed by atoms with Crippen LogP contribution in [0.25, 0.3) is 0 Å². The summed E-state index contributed by atoms with van der Waals surface area (Å²) >= 11 is 0. The summed E-state index contributed by atoms with van der Waals surface area (Å²) in [6.07, 6.45) is -0.163. The number of hydrogen-bond donors (Lipinski definition) is 1. The van der Waals surface area contributed by atoms with E-state index in [4.69, 9.17) is 14.2 Å². The minimum absolute atomic E-state index is 0.0384. The number of alkyl carbamates (subject to hydrolysis) is 1. The average molecular weight is 427 g/mol. The molecule has 1 N–H and O–H groups in total. The first-order chi connectivity index (χ1) is 14.1. The van der Waals surface area contributed by atoms with Gasteiger partial charge in [-0.3, -0.25) is 4.79 Å². The maximum absolute atomic E-state index is 14.7. The number of carbonyl (C=O) groups excluding carboxylic acids is 3. The number of amides is 1. The molecule has 0 aliphatic heterocycles. The van der Waals surface area contributed by atoms with E-state index >= 15 is 0 Å². The summed E-state index contributed by atoms with van der Waals surface area (Å²) in [6.45, 7) is 7.23. The van der Waals surface area contributed by atoms with Gasteiger partial charge in [0.05, 0.1) is 20.1 Å². The van der Waals surface area contributed by atoms with E-state index in [1.807, 2.05) is 6.92 Å². The van der Waals surface area contributed by atoms with Crippen LogP contribution in [0.2, 0.25) is 0 Å². The van der Waals surface area contributed by atoms with Gasteiger partial charge in [0, 0.05) is 18.5 Å². The smallest absolute Gasteiger partial charge is 0.469 e. The van der Waals surface area contributed by atoms with E-state index < -0.39 is 35.6 Å². The summed E-state index contributed by atoms with van der Waals surface area (Å²) in [6, 6.07) is 3.78. The van der Waals surface area contributed by atoms with Gasteiger partial charge in [-0.2, -0.15) is 0 Å². The maximum Gasteiger partial charge on any atom is 0.514 e. The Morgan fingerprint density at radius 3 is 2.47 bits per heavy atom. The van der Waals surface area contributed by atoms with E-state index in [0.717, 1.165) is 18.9 Å². The first kappa shape index (κ1) is 25.2. The number of unbranched alkanes of at least 4 members (excludes halogenated alkanes) is 1. The zero-order chi connectivity index (χ0) is 22.7. The molecular formula is C21H30FNO7. The Morgan fingerprint density at radius 2 is 1.90 bits per heavy atom. The lowest BCUT2D eigenvalue weighted by molar-refractivity contribution is -0.141. The van der Waals surface area contributed by atoms with E-state index in [2.05, 4.69) is 10.1 Å². The highest BCUT2D eigenvalue weighted by atomic mass is 19.1. The van der Waals surface area contributed by atoms with Crippen LogP contribution in [0.3, 0.4) is 0 Å². The molecule has 0 radical (unpaired) electrons. The van der Waals surface area contributed by atoms with Crippen molar-refractivity contribution in [3.63, 3.8) is 0 Å². The molecule has 0 aromatic heterocycles. The predicted octanol–water partition coefficient (Wildman–Crippen LogP) is 4.31. The van der Waals surface area contributed by atoms with Crippen molar-refractivity contribution >= 4 is 18.2 Å². The lowest BCUT2D eigenvalue weighted by atomic mass is 9.95. The van der Waals surface area contributed by atoms with E-state index in [9.17, 15) is 18.8 Å². The van der Waals surface area contributed by atoms with E-state index in [-0.39, 0.29) is 30.9 Å². The van der Waals surface area contributed by atoms with Crippen molar-refractivity contribution in [1.29, 1.82) is 0 Å². The summed E-state index contributed by atoms with van der Waals surface area (Å²) in [5.74, 6) is -2.01. The lowest BCUT2D eigenvalue weighted by Crippen LogP contribution is -2.30. The summed E-state index contributed by atoms with van der Waals surface area (Å²) in [5, 5.41) is 2.53. The Labute approximate surface area is 176 Å². The lowest BCUT2D eigenvalue weighted by Gasteiger charge is -2.20. The molecule has 1 aromatic carbocycles. The predicted molar refractivity (Wildman–Crippen MR) is 107 cm³/mol. The van der Waals surface area contributed by atoms with E-state index in [1.165, 1.54) is 19.2 Å². The van der Waals surface area contributed by atoms with Crippen LogP contribution in [0.4, 0.5) is 14.0 Å². The highest BCUT2D eigenvalue weighted by Crippen LogP contribution is 2.26. The largest absolute Gasteiger partial charge is 0.514 e. The molecule has 1 amide bonds. The Kier molecular flexibility index (Phi) is 10.1. The number of methoxy groups -OCH3 is 1. The normalized spacial score (nSPS) is 11.9. The molecule has 1 atom stereocenters. The zero-order valence-corrected chi connectivity index (χ0v) is 18.1. The molecule has 0 bridgehead atoms. The van der Waals surface area contributed by atoms with Gasteiger partial charge in [0.1, 0.15) is 17.2 Å². The monoisotopic (exact) mass is 427 g/mol. The zero-order valence-electron chi connectivity index (χ0n) is 18.1. The SMILES string of the molecule is CCCCOC(=O)NCC(CC(=O)OC)c1ccc(OC(=O)OC(C)(C)C)cc1F. The minimum Gasteiger partial charge on any atom is -0.469 e. The number of benzene rings is 1. The van der Waals surface area contributed by atoms with Gasteiger partial charge in [-0.25, -0.2) is 14.0 Å². The third-order valence-electron chi connectivity index (χ3n) is 3.87. The topological polar surface area (TPSA) is 100 Å². The summed E-state index contributed by atoms with van der Waals surface area (Å²) < 4.78 is 34.4. The molecule has 0 saturated heterocycles. The van der Waals surface area contributed by atoms with Crippen molar-refractivity contribution in [3.8, 4) is 5.75 Å². The molecule has 0 spiro atoms. The van der Waals surface area contributed by atoms with Crippen LogP contribution in [0.5, 0.6) is 5.75 Å². The van der Waals surface area contributed by atoms with Crippen molar-refractivity contribution in [3.05, 3.63) is 29.6 Å². The Hall–Kier alpha value is -2.84. The second-order valence-electron chi connectivity index (χ2n) is 7.60. The van der Waals surface area contributed by atoms with Crippen molar-refractivity contribution in [1.82, 2.24) is 5.32 Å². The number of carbonyl (C=O) groups is 3. The number of halogens is 1. The fourth-order valence-corrected chi connectivity index (χ4v) is 2.41. The van der Waals surface area contributed by atoms with Gasteiger partial charge in [-0.1, -0.05) is 19.4 Å².